The Morgan fingerprint density at radius 1 is 1.41 bits per heavy atom. The summed E-state index contributed by atoms with van der Waals surface area (Å²) in [6.45, 7) is 3.64. The van der Waals surface area contributed by atoms with Crippen LogP contribution in [0.15, 0.2) is 28.2 Å². The van der Waals surface area contributed by atoms with Gasteiger partial charge in [0.15, 0.2) is 5.82 Å². The molecule has 17 heavy (non-hydrogen) atoms. The molecule has 0 saturated carbocycles. The smallest absolute Gasteiger partial charge is 0.296 e. The molecule has 0 amide bonds. The van der Waals surface area contributed by atoms with E-state index in [9.17, 15) is 8.42 Å². The van der Waals surface area contributed by atoms with Crippen LogP contribution in [-0.2, 0) is 9.05 Å². The van der Waals surface area contributed by atoms with Crippen LogP contribution in [0.3, 0.4) is 0 Å². The Hall–Kier alpha value is -1.34. The highest BCUT2D eigenvalue weighted by molar-refractivity contribution is 8.13. The lowest BCUT2D eigenvalue weighted by molar-refractivity contribution is 0.529. The summed E-state index contributed by atoms with van der Waals surface area (Å²) in [7, 11) is 1.39. The summed E-state index contributed by atoms with van der Waals surface area (Å²) in [6, 6.07) is 1.53. The van der Waals surface area contributed by atoms with Gasteiger partial charge in [0.1, 0.15) is 6.26 Å². The molecular formula is C9H10ClN3O3S. The van der Waals surface area contributed by atoms with Crippen LogP contribution in [0.5, 0.6) is 0 Å². The molecule has 0 atom stereocenters. The molecule has 0 aliphatic rings. The fraction of sp³-hybridized carbons (Fsp3) is 0.333. The van der Waals surface area contributed by atoms with Gasteiger partial charge >= 0.3 is 0 Å². The van der Waals surface area contributed by atoms with Gasteiger partial charge in [0, 0.05) is 16.7 Å². The van der Waals surface area contributed by atoms with E-state index in [1.54, 1.807) is 6.07 Å². The second-order valence-corrected chi connectivity index (χ2v) is 6.18. The standard InChI is InChI=1S/C9H10ClN3O3S/c1-6(2)13-8(7-3-4-16-5-7)11-12-9(13)17(10,14)15/h3-6H,1-2H3. The van der Waals surface area contributed by atoms with Crippen LogP contribution in [-0.4, -0.2) is 23.2 Å². The van der Waals surface area contributed by atoms with E-state index in [0.717, 1.165) is 0 Å². The van der Waals surface area contributed by atoms with Gasteiger partial charge in [-0.05, 0) is 19.9 Å². The van der Waals surface area contributed by atoms with Gasteiger partial charge in [-0.3, -0.25) is 4.57 Å². The van der Waals surface area contributed by atoms with E-state index in [0.29, 0.717) is 11.4 Å². The minimum Gasteiger partial charge on any atom is -0.472 e. The van der Waals surface area contributed by atoms with Gasteiger partial charge in [-0.15, -0.1) is 10.2 Å². The van der Waals surface area contributed by atoms with Crippen LogP contribution < -0.4 is 0 Å². The third-order valence-corrected chi connectivity index (χ3v) is 3.31. The van der Waals surface area contributed by atoms with Crippen LogP contribution in [0.1, 0.15) is 19.9 Å². The Labute approximate surface area is 103 Å². The van der Waals surface area contributed by atoms with Crippen molar-refractivity contribution in [3.63, 3.8) is 0 Å². The summed E-state index contributed by atoms with van der Waals surface area (Å²) < 4.78 is 29.1. The molecule has 2 heterocycles. The van der Waals surface area contributed by atoms with Gasteiger partial charge in [0.05, 0.1) is 11.8 Å². The lowest BCUT2D eigenvalue weighted by atomic mass is 10.3. The average molecular weight is 276 g/mol. The maximum absolute atomic E-state index is 11.4. The van der Waals surface area contributed by atoms with Crippen molar-refractivity contribution in [2.24, 2.45) is 0 Å². The van der Waals surface area contributed by atoms with Crippen LogP contribution in [0, 0.1) is 0 Å². The quantitative estimate of drug-likeness (QED) is 0.801. The summed E-state index contributed by atoms with van der Waals surface area (Å²) in [5.74, 6) is 0.410. The molecule has 6 nitrogen and oxygen atoms in total. The van der Waals surface area contributed by atoms with Gasteiger partial charge < -0.3 is 4.42 Å². The van der Waals surface area contributed by atoms with Crippen LogP contribution in [0.2, 0.25) is 0 Å². The summed E-state index contributed by atoms with van der Waals surface area (Å²) >= 11 is 0. The molecule has 8 heteroatoms. The molecule has 0 aliphatic carbocycles. The van der Waals surface area contributed by atoms with Gasteiger partial charge in [0.2, 0.25) is 0 Å². The van der Waals surface area contributed by atoms with Gasteiger partial charge in [-0.2, -0.15) is 0 Å². The molecule has 0 bridgehead atoms. The van der Waals surface area contributed by atoms with Crippen molar-refractivity contribution in [1.29, 1.82) is 0 Å². The Bertz CT molecular complexity index is 616. The number of hydrogen-bond donors (Lipinski definition) is 0. The van der Waals surface area contributed by atoms with E-state index >= 15 is 0 Å². The van der Waals surface area contributed by atoms with Crippen molar-refractivity contribution >= 4 is 19.7 Å². The zero-order valence-electron chi connectivity index (χ0n) is 9.16. The number of nitrogens with zero attached hydrogens (tertiary/aromatic N) is 3. The normalized spacial score (nSPS) is 12.2. The summed E-state index contributed by atoms with van der Waals surface area (Å²) in [5.41, 5.74) is 0.651. The molecule has 2 rings (SSSR count). The van der Waals surface area contributed by atoms with E-state index in [-0.39, 0.29) is 11.2 Å². The number of rotatable bonds is 3. The monoisotopic (exact) mass is 275 g/mol. The molecule has 2 aromatic heterocycles. The molecule has 0 N–H and O–H groups in total. The first-order valence-electron chi connectivity index (χ1n) is 4.83. The molecule has 92 valence electrons. The predicted octanol–water partition coefficient (Wildman–Crippen LogP) is 2.05. The van der Waals surface area contributed by atoms with E-state index in [4.69, 9.17) is 15.1 Å². The van der Waals surface area contributed by atoms with E-state index in [2.05, 4.69) is 10.2 Å². The Morgan fingerprint density at radius 3 is 2.59 bits per heavy atom. The maximum Gasteiger partial charge on any atom is 0.296 e. The fourth-order valence-electron chi connectivity index (χ4n) is 1.50. The number of halogens is 1. The SMILES string of the molecule is CC(C)n1c(-c2ccoc2)nnc1S(=O)(=O)Cl. The summed E-state index contributed by atoms with van der Waals surface area (Å²) in [5, 5.41) is 7.19. The molecule has 0 fully saturated rings. The van der Waals surface area contributed by atoms with Crippen molar-refractivity contribution in [1.82, 2.24) is 14.8 Å². The molecule has 0 aliphatic heterocycles. The van der Waals surface area contributed by atoms with Crippen LogP contribution >= 0.6 is 10.7 Å². The molecular weight excluding hydrogens is 266 g/mol. The first-order valence-corrected chi connectivity index (χ1v) is 7.14. The third kappa shape index (κ3) is 2.20. The topological polar surface area (TPSA) is 78.0 Å². The largest absolute Gasteiger partial charge is 0.472 e. The van der Waals surface area contributed by atoms with Gasteiger partial charge in [-0.1, -0.05) is 0 Å². The number of aromatic nitrogens is 3. The number of furan rings is 1. The predicted molar refractivity (Wildman–Crippen MR) is 61.1 cm³/mol. The van der Waals surface area contributed by atoms with Gasteiger partial charge in [0.25, 0.3) is 14.2 Å². The van der Waals surface area contributed by atoms with Gasteiger partial charge in [-0.25, -0.2) is 8.42 Å². The van der Waals surface area contributed by atoms with Crippen molar-refractivity contribution in [3.8, 4) is 11.4 Å². The zero-order valence-corrected chi connectivity index (χ0v) is 10.7. The summed E-state index contributed by atoms with van der Waals surface area (Å²) in [6.07, 6.45) is 2.94. The van der Waals surface area contributed by atoms with Crippen molar-refractivity contribution in [2.75, 3.05) is 0 Å². The maximum atomic E-state index is 11.4. The zero-order chi connectivity index (χ0) is 12.6. The number of hydrogen-bond acceptors (Lipinski definition) is 5. The van der Waals surface area contributed by atoms with Crippen molar-refractivity contribution in [3.05, 3.63) is 18.6 Å². The molecule has 0 saturated heterocycles. The van der Waals surface area contributed by atoms with Crippen molar-refractivity contribution < 1.29 is 12.8 Å². The van der Waals surface area contributed by atoms with Crippen LogP contribution in [0.4, 0.5) is 0 Å². The highest BCUT2D eigenvalue weighted by Crippen LogP contribution is 2.26. The lowest BCUT2D eigenvalue weighted by Crippen LogP contribution is -2.09. The lowest BCUT2D eigenvalue weighted by Gasteiger charge is -2.11. The second kappa shape index (κ2) is 4.15. The highest BCUT2D eigenvalue weighted by Gasteiger charge is 2.25. The second-order valence-electron chi connectivity index (χ2n) is 3.72. The first-order chi connectivity index (χ1) is 7.91. The van der Waals surface area contributed by atoms with Crippen molar-refractivity contribution in [2.45, 2.75) is 25.0 Å². The van der Waals surface area contributed by atoms with Crippen LogP contribution in [0.25, 0.3) is 11.4 Å². The fourth-order valence-corrected chi connectivity index (χ4v) is 2.48. The molecule has 0 radical (unpaired) electrons. The third-order valence-electron chi connectivity index (χ3n) is 2.18. The van der Waals surface area contributed by atoms with E-state index in [1.165, 1.54) is 17.1 Å². The molecule has 0 unspecified atom stereocenters. The average Bonchev–Trinajstić information content (AvgIpc) is 2.84. The Morgan fingerprint density at radius 2 is 2.12 bits per heavy atom. The first kappa shape index (κ1) is 12.1. The summed E-state index contributed by atoms with van der Waals surface area (Å²) in [4.78, 5) is 0. The van der Waals surface area contributed by atoms with E-state index in [1.807, 2.05) is 13.8 Å². The van der Waals surface area contributed by atoms with E-state index < -0.39 is 9.05 Å². The molecule has 0 aromatic carbocycles. The highest BCUT2D eigenvalue weighted by atomic mass is 35.7. The molecule has 0 spiro atoms. The minimum absolute atomic E-state index is 0.140. The Balaban J connectivity index is 2.68. The minimum atomic E-state index is -3.92. The Kier molecular flexibility index (Phi) is 2.96. The molecule has 2 aromatic rings.